The molecule has 5 N–H and O–H groups in total. The molecule has 0 spiro atoms. The average Bonchev–Trinajstić information content (AvgIpc) is 2.92. The summed E-state index contributed by atoms with van der Waals surface area (Å²) in [6, 6.07) is -0.174. The van der Waals surface area contributed by atoms with E-state index in [0.29, 0.717) is 5.82 Å². The van der Waals surface area contributed by atoms with E-state index in [0.717, 1.165) is 5.56 Å². The minimum atomic E-state index is -0.326. The molecule has 0 saturated carbocycles. The molecular formula is C10H13N7O. The van der Waals surface area contributed by atoms with Crippen LogP contribution in [0.1, 0.15) is 29.0 Å². The van der Waals surface area contributed by atoms with Crippen LogP contribution in [0.2, 0.25) is 0 Å². The number of H-pyrrole nitrogens is 1. The second-order valence-corrected chi connectivity index (χ2v) is 3.66. The van der Waals surface area contributed by atoms with Crippen LogP contribution in [-0.2, 0) is 0 Å². The zero-order valence-corrected chi connectivity index (χ0v) is 9.71. The molecule has 18 heavy (non-hydrogen) atoms. The molecule has 8 nitrogen and oxygen atoms in total. The largest absolute Gasteiger partial charge is 0.344 e. The number of aromatic amines is 1. The van der Waals surface area contributed by atoms with Gasteiger partial charge in [-0.15, -0.1) is 0 Å². The summed E-state index contributed by atoms with van der Waals surface area (Å²) in [6.45, 7) is 1.85. The van der Waals surface area contributed by atoms with Crippen molar-refractivity contribution in [2.24, 2.45) is 5.84 Å². The predicted octanol–water partition coefficient (Wildman–Crippen LogP) is -0.0237. The molecule has 2 aromatic rings. The van der Waals surface area contributed by atoms with E-state index in [-0.39, 0.29) is 17.6 Å². The molecule has 0 bridgehead atoms. The van der Waals surface area contributed by atoms with E-state index in [2.05, 4.69) is 30.9 Å². The number of hydrogen-bond donors (Lipinski definition) is 4. The van der Waals surface area contributed by atoms with Crippen LogP contribution in [0.15, 0.2) is 24.8 Å². The average molecular weight is 247 g/mol. The molecule has 8 heteroatoms. The van der Waals surface area contributed by atoms with Crippen LogP contribution in [0, 0.1) is 0 Å². The van der Waals surface area contributed by atoms with Gasteiger partial charge in [0, 0.05) is 11.8 Å². The van der Waals surface area contributed by atoms with Crippen LogP contribution in [-0.4, -0.2) is 26.1 Å². The molecule has 1 amide bonds. The first-order valence-electron chi connectivity index (χ1n) is 5.29. The number of nitrogens with one attached hydrogen (secondary N) is 3. The lowest BCUT2D eigenvalue weighted by atomic mass is 10.2. The number of nitrogens with two attached hydrogens (primary N) is 1. The highest BCUT2D eigenvalue weighted by Gasteiger charge is 2.13. The van der Waals surface area contributed by atoms with Crippen molar-refractivity contribution in [3.05, 3.63) is 36.0 Å². The second-order valence-electron chi connectivity index (χ2n) is 3.66. The van der Waals surface area contributed by atoms with Gasteiger partial charge >= 0.3 is 0 Å². The van der Waals surface area contributed by atoms with E-state index >= 15 is 0 Å². The molecule has 0 aliphatic heterocycles. The summed E-state index contributed by atoms with van der Waals surface area (Å²) in [5.41, 5.74) is 3.41. The standard InChI is InChI=1S/C10H13N7O/c1-6(7-2-13-14-3-7)15-10(18)8-4-12-5-9(16-8)17-11/h2-6H,11H2,1H3,(H,13,14)(H,15,18)(H,16,17). The summed E-state index contributed by atoms with van der Waals surface area (Å²) in [4.78, 5) is 19.8. The maximum atomic E-state index is 11.9. The number of nitrogens with zero attached hydrogens (tertiary/aromatic N) is 3. The Morgan fingerprint density at radius 1 is 1.44 bits per heavy atom. The summed E-state index contributed by atoms with van der Waals surface area (Å²) in [5, 5.41) is 9.29. The van der Waals surface area contributed by atoms with Crippen LogP contribution < -0.4 is 16.6 Å². The van der Waals surface area contributed by atoms with Gasteiger partial charge in [0.05, 0.1) is 24.6 Å². The molecule has 0 aromatic carbocycles. The molecule has 2 heterocycles. The smallest absolute Gasteiger partial charge is 0.272 e. The number of hydrogen-bond acceptors (Lipinski definition) is 6. The summed E-state index contributed by atoms with van der Waals surface area (Å²) < 4.78 is 0. The molecule has 94 valence electrons. The Hall–Kier alpha value is -2.48. The van der Waals surface area contributed by atoms with Gasteiger partial charge in [-0.1, -0.05) is 0 Å². The van der Waals surface area contributed by atoms with Gasteiger partial charge in [0.2, 0.25) is 0 Å². The Morgan fingerprint density at radius 3 is 2.94 bits per heavy atom. The van der Waals surface area contributed by atoms with Crippen molar-refractivity contribution in [2.75, 3.05) is 5.43 Å². The Kier molecular flexibility index (Phi) is 3.49. The van der Waals surface area contributed by atoms with Gasteiger partial charge in [-0.2, -0.15) is 5.10 Å². The van der Waals surface area contributed by atoms with Gasteiger partial charge in [-0.3, -0.25) is 14.9 Å². The number of anilines is 1. The van der Waals surface area contributed by atoms with Crippen molar-refractivity contribution in [1.29, 1.82) is 0 Å². The predicted molar refractivity (Wildman–Crippen MR) is 64.3 cm³/mol. The van der Waals surface area contributed by atoms with Gasteiger partial charge < -0.3 is 10.7 Å². The van der Waals surface area contributed by atoms with Crippen LogP contribution in [0.3, 0.4) is 0 Å². The molecule has 2 aromatic heterocycles. The second kappa shape index (κ2) is 5.23. The minimum absolute atomic E-state index is 0.174. The first-order chi connectivity index (χ1) is 8.70. The van der Waals surface area contributed by atoms with E-state index in [1.165, 1.54) is 12.4 Å². The fourth-order valence-corrected chi connectivity index (χ4v) is 1.40. The van der Waals surface area contributed by atoms with E-state index in [4.69, 9.17) is 5.84 Å². The highest BCUT2D eigenvalue weighted by Crippen LogP contribution is 2.10. The Balaban J connectivity index is 2.07. The first-order valence-corrected chi connectivity index (χ1v) is 5.29. The normalized spacial score (nSPS) is 11.9. The lowest BCUT2D eigenvalue weighted by Crippen LogP contribution is -2.27. The lowest BCUT2D eigenvalue weighted by Gasteiger charge is -2.11. The molecular weight excluding hydrogens is 234 g/mol. The minimum Gasteiger partial charge on any atom is -0.344 e. The van der Waals surface area contributed by atoms with E-state index in [9.17, 15) is 4.79 Å². The summed E-state index contributed by atoms with van der Waals surface area (Å²) >= 11 is 0. The summed E-state index contributed by atoms with van der Waals surface area (Å²) in [5.74, 6) is 5.21. The van der Waals surface area contributed by atoms with E-state index < -0.39 is 0 Å². The summed E-state index contributed by atoms with van der Waals surface area (Å²) in [6.07, 6.45) is 6.16. The van der Waals surface area contributed by atoms with E-state index in [1.54, 1.807) is 12.4 Å². The molecule has 2 rings (SSSR count). The number of carbonyl (C=O) groups excluding carboxylic acids is 1. The molecule has 0 saturated heterocycles. The third-order valence-corrected chi connectivity index (χ3v) is 2.38. The van der Waals surface area contributed by atoms with Gasteiger partial charge in [-0.05, 0) is 6.92 Å². The molecule has 0 aliphatic carbocycles. The molecule has 0 fully saturated rings. The maximum Gasteiger partial charge on any atom is 0.272 e. The van der Waals surface area contributed by atoms with Crippen molar-refractivity contribution < 1.29 is 4.79 Å². The topological polar surface area (TPSA) is 122 Å². The van der Waals surface area contributed by atoms with Gasteiger partial charge in [0.1, 0.15) is 5.69 Å². The Labute approximate surface area is 103 Å². The number of rotatable bonds is 4. The van der Waals surface area contributed by atoms with Crippen LogP contribution in [0.25, 0.3) is 0 Å². The number of nitrogen functional groups attached to an aromatic ring is 1. The summed E-state index contributed by atoms with van der Waals surface area (Å²) in [7, 11) is 0. The Bertz CT molecular complexity index is 525. The number of aromatic nitrogens is 4. The number of hydrazine groups is 1. The lowest BCUT2D eigenvalue weighted by molar-refractivity contribution is 0.0934. The molecule has 1 atom stereocenters. The fourth-order valence-electron chi connectivity index (χ4n) is 1.40. The van der Waals surface area contributed by atoms with Crippen LogP contribution >= 0.6 is 0 Å². The van der Waals surface area contributed by atoms with Crippen LogP contribution in [0.4, 0.5) is 5.82 Å². The van der Waals surface area contributed by atoms with Gasteiger partial charge in [-0.25, -0.2) is 10.8 Å². The number of amides is 1. The van der Waals surface area contributed by atoms with Crippen molar-refractivity contribution in [1.82, 2.24) is 25.5 Å². The zero-order valence-electron chi connectivity index (χ0n) is 9.71. The van der Waals surface area contributed by atoms with Gasteiger partial charge in [0.15, 0.2) is 5.82 Å². The monoisotopic (exact) mass is 247 g/mol. The first kappa shape index (κ1) is 12.0. The highest BCUT2D eigenvalue weighted by molar-refractivity contribution is 5.92. The third kappa shape index (κ3) is 2.61. The van der Waals surface area contributed by atoms with E-state index in [1.807, 2.05) is 6.92 Å². The molecule has 0 radical (unpaired) electrons. The SMILES string of the molecule is CC(NC(=O)c1cncc(NN)n1)c1cn[nH]c1. The third-order valence-electron chi connectivity index (χ3n) is 2.38. The zero-order chi connectivity index (χ0) is 13.0. The van der Waals surface area contributed by atoms with Crippen molar-refractivity contribution in [3.8, 4) is 0 Å². The fraction of sp³-hybridized carbons (Fsp3) is 0.200. The molecule has 1 unspecified atom stereocenters. The number of carbonyl (C=O) groups is 1. The molecule has 0 aliphatic rings. The van der Waals surface area contributed by atoms with Crippen molar-refractivity contribution >= 4 is 11.7 Å². The quantitative estimate of drug-likeness (QED) is 0.445. The maximum absolute atomic E-state index is 11.9. The van der Waals surface area contributed by atoms with Crippen molar-refractivity contribution in [3.63, 3.8) is 0 Å². The highest BCUT2D eigenvalue weighted by atomic mass is 16.1. The Morgan fingerprint density at radius 2 is 2.28 bits per heavy atom. The van der Waals surface area contributed by atoms with Crippen LogP contribution in [0.5, 0.6) is 0 Å². The van der Waals surface area contributed by atoms with Gasteiger partial charge in [0.25, 0.3) is 5.91 Å². The van der Waals surface area contributed by atoms with Crippen molar-refractivity contribution in [2.45, 2.75) is 13.0 Å².